The van der Waals surface area contributed by atoms with Crippen molar-refractivity contribution in [2.75, 3.05) is 4.90 Å². The van der Waals surface area contributed by atoms with Crippen molar-refractivity contribution in [2.45, 2.75) is 35.9 Å². The fraction of sp³-hybridized carbons (Fsp3) is 0.154. The van der Waals surface area contributed by atoms with Crippen LogP contribution in [0.3, 0.4) is 0 Å². The Balaban J connectivity index is 1.52. The van der Waals surface area contributed by atoms with Crippen LogP contribution in [0.25, 0.3) is 0 Å². The summed E-state index contributed by atoms with van der Waals surface area (Å²) in [6, 6.07) is 26.6. The maximum absolute atomic E-state index is 6.37. The lowest BCUT2D eigenvalue weighted by Gasteiger charge is -2.26. The highest BCUT2D eigenvalue weighted by Crippen LogP contribution is 2.43. The third kappa shape index (κ3) is 4.16. The van der Waals surface area contributed by atoms with E-state index in [9.17, 15) is 0 Å². The molecule has 1 saturated heterocycles. The molecule has 1 N–H and O–H groups in total. The first kappa shape index (κ1) is 20.8. The van der Waals surface area contributed by atoms with Gasteiger partial charge in [-0.2, -0.15) is 0 Å². The van der Waals surface area contributed by atoms with Crippen molar-refractivity contribution < 1.29 is 4.42 Å². The van der Waals surface area contributed by atoms with Crippen LogP contribution in [0.4, 0.5) is 5.69 Å². The van der Waals surface area contributed by atoms with Crippen LogP contribution in [0.15, 0.2) is 99.5 Å². The smallest absolute Gasteiger partial charge is 0.174 e. The van der Waals surface area contributed by atoms with E-state index in [1.165, 1.54) is 11.1 Å². The van der Waals surface area contributed by atoms with Gasteiger partial charge in [-0.3, -0.25) is 4.98 Å². The van der Waals surface area contributed by atoms with E-state index in [1.54, 1.807) is 11.8 Å². The molecule has 0 radical (unpaired) electrons. The second-order valence-electron chi connectivity index (χ2n) is 7.90. The summed E-state index contributed by atoms with van der Waals surface area (Å²) >= 11 is 7.39. The number of aryl methyl sites for hydroxylation is 2. The number of benzene rings is 2. The SMILES string of the molecule is Cc1ccc(Sc2ccc(C3C(c4ccccn4)NC(=S)N3c3ccc(C)cc3)o2)cc1. The van der Waals surface area contributed by atoms with Crippen LogP contribution in [0, 0.1) is 13.8 Å². The van der Waals surface area contributed by atoms with Crippen molar-refractivity contribution >= 4 is 34.8 Å². The molecule has 32 heavy (non-hydrogen) atoms. The summed E-state index contributed by atoms with van der Waals surface area (Å²) < 4.78 is 6.37. The number of aromatic nitrogens is 1. The summed E-state index contributed by atoms with van der Waals surface area (Å²) in [6.45, 7) is 4.17. The Morgan fingerprint density at radius 1 is 0.906 bits per heavy atom. The van der Waals surface area contributed by atoms with Crippen molar-refractivity contribution in [1.82, 2.24) is 10.3 Å². The van der Waals surface area contributed by atoms with Crippen LogP contribution in [0.5, 0.6) is 0 Å². The lowest BCUT2D eigenvalue weighted by molar-refractivity contribution is 0.383. The van der Waals surface area contributed by atoms with Crippen LogP contribution in [-0.4, -0.2) is 10.1 Å². The fourth-order valence-corrected chi connectivity index (χ4v) is 5.02. The zero-order chi connectivity index (χ0) is 22.1. The molecule has 2 unspecified atom stereocenters. The van der Waals surface area contributed by atoms with Crippen LogP contribution >= 0.6 is 24.0 Å². The average molecular weight is 458 g/mol. The van der Waals surface area contributed by atoms with Gasteiger partial charge in [0, 0.05) is 16.8 Å². The number of nitrogens with one attached hydrogen (secondary N) is 1. The second-order valence-corrected chi connectivity index (χ2v) is 9.37. The van der Waals surface area contributed by atoms with E-state index in [2.05, 4.69) is 77.6 Å². The summed E-state index contributed by atoms with van der Waals surface area (Å²) in [5.74, 6) is 0.850. The first-order valence-electron chi connectivity index (χ1n) is 10.5. The Labute approximate surface area is 197 Å². The van der Waals surface area contributed by atoms with E-state index in [4.69, 9.17) is 16.6 Å². The molecule has 160 valence electrons. The predicted octanol–water partition coefficient (Wildman–Crippen LogP) is 6.62. The molecule has 1 aliphatic heterocycles. The van der Waals surface area contributed by atoms with E-state index in [0.29, 0.717) is 5.11 Å². The Morgan fingerprint density at radius 2 is 1.62 bits per heavy atom. The minimum absolute atomic E-state index is 0.117. The standard InChI is InChI=1S/C26H23N3OS2/c1-17-6-10-19(11-7-17)29-25(24(28-26(29)31)21-5-3-4-16-27-21)22-14-15-23(30-22)32-20-12-8-18(2)9-13-20/h3-16,24-25H,1-2H3,(H,28,31). The van der Waals surface area contributed by atoms with Crippen molar-refractivity contribution in [3.05, 3.63) is 108 Å². The van der Waals surface area contributed by atoms with Crippen molar-refractivity contribution in [2.24, 2.45) is 0 Å². The lowest BCUT2D eigenvalue weighted by atomic mass is 10.0. The molecular weight excluding hydrogens is 434 g/mol. The molecule has 0 saturated carbocycles. The molecule has 0 bridgehead atoms. The number of pyridine rings is 1. The summed E-state index contributed by atoms with van der Waals surface area (Å²) in [5, 5.41) is 4.99. The second kappa shape index (κ2) is 8.81. The summed E-state index contributed by atoms with van der Waals surface area (Å²) in [6.07, 6.45) is 1.81. The number of furan rings is 1. The quantitative estimate of drug-likeness (QED) is 0.340. The maximum Gasteiger partial charge on any atom is 0.174 e. The number of rotatable bonds is 5. The van der Waals surface area contributed by atoms with Crippen LogP contribution < -0.4 is 10.2 Å². The first-order valence-corrected chi connectivity index (χ1v) is 11.7. The normalized spacial score (nSPS) is 18.1. The van der Waals surface area contributed by atoms with Gasteiger partial charge in [-0.15, -0.1) is 0 Å². The number of nitrogens with zero attached hydrogens (tertiary/aromatic N) is 2. The van der Waals surface area contributed by atoms with Crippen LogP contribution in [0.2, 0.25) is 0 Å². The van der Waals surface area contributed by atoms with Gasteiger partial charge < -0.3 is 14.6 Å². The molecule has 6 heteroatoms. The Bertz CT molecular complexity index is 1220. The highest BCUT2D eigenvalue weighted by atomic mass is 32.2. The highest BCUT2D eigenvalue weighted by Gasteiger charge is 2.42. The molecule has 3 heterocycles. The van der Waals surface area contributed by atoms with Gasteiger partial charge in [0.2, 0.25) is 0 Å². The minimum Gasteiger partial charge on any atom is -0.452 e. The third-order valence-corrected chi connectivity index (χ3v) is 6.79. The first-order chi connectivity index (χ1) is 15.6. The maximum atomic E-state index is 6.37. The topological polar surface area (TPSA) is 41.3 Å². The summed E-state index contributed by atoms with van der Waals surface area (Å²) in [5.41, 5.74) is 4.41. The van der Waals surface area contributed by atoms with Gasteiger partial charge >= 0.3 is 0 Å². The monoisotopic (exact) mass is 457 g/mol. The van der Waals surface area contributed by atoms with Gasteiger partial charge in [0.25, 0.3) is 0 Å². The van der Waals surface area contributed by atoms with Gasteiger partial charge in [0.1, 0.15) is 11.8 Å². The number of anilines is 1. The van der Waals surface area contributed by atoms with E-state index in [1.807, 2.05) is 36.5 Å². The molecule has 0 spiro atoms. The molecule has 2 aromatic heterocycles. The lowest BCUT2D eigenvalue weighted by Crippen LogP contribution is -2.29. The Kier molecular flexibility index (Phi) is 5.72. The largest absolute Gasteiger partial charge is 0.452 e. The number of hydrogen-bond donors (Lipinski definition) is 1. The highest BCUT2D eigenvalue weighted by molar-refractivity contribution is 7.99. The van der Waals surface area contributed by atoms with Gasteiger partial charge in [-0.05, 0) is 74.6 Å². The van der Waals surface area contributed by atoms with Gasteiger partial charge in [-0.1, -0.05) is 53.2 Å². The van der Waals surface area contributed by atoms with Gasteiger partial charge in [0.05, 0.1) is 11.7 Å². The van der Waals surface area contributed by atoms with E-state index < -0.39 is 0 Å². The number of hydrogen-bond acceptors (Lipinski definition) is 4. The van der Waals surface area contributed by atoms with Crippen molar-refractivity contribution in [3.8, 4) is 0 Å². The fourth-order valence-electron chi connectivity index (χ4n) is 3.90. The zero-order valence-corrected chi connectivity index (χ0v) is 19.5. The molecule has 1 aliphatic rings. The molecule has 4 nitrogen and oxygen atoms in total. The van der Waals surface area contributed by atoms with Crippen LogP contribution in [-0.2, 0) is 0 Å². The Hall–Kier alpha value is -3.09. The van der Waals surface area contributed by atoms with E-state index >= 15 is 0 Å². The van der Waals surface area contributed by atoms with Gasteiger partial charge in [0.15, 0.2) is 10.2 Å². The van der Waals surface area contributed by atoms with E-state index in [0.717, 1.165) is 27.1 Å². The average Bonchev–Trinajstić information content (AvgIpc) is 3.40. The molecule has 2 aromatic carbocycles. The van der Waals surface area contributed by atoms with Gasteiger partial charge in [-0.25, -0.2) is 0 Å². The predicted molar refractivity (Wildman–Crippen MR) is 133 cm³/mol. The summed E-state index contributed by atoms with van der Waals surface area (Å²) in [4.78, 5) is 7.88. The van der Waals surface area contributed by atoms with Crippen molar-refractivity contribution in [1.29, 1.82) is 0 Å². The zero-order valence-electron chi connectivity index (χ0n) is 17.9. The Morgan fingerprint density at radius 3 is 2.31 bits per heavy atom. The molecule has 2 atom stereocenters. The molecule has 1 fully saturated rings. The third-order valence-electron chi connectivity index (χ3n) is 5.54. The molecule has 0 amide bonds. The molecule has 5 rings (SSSR count). The van der Waals surface area contributed by atoms with Crippen molar-refractivity contribution in [3.63, 3.8) is 0 Å². The minimum atomic E-state index is -0.146. The summed E-state index contributed by atoms with van der Waals surface area (Å²) in [7, 11) is 0. The molecular formula is C26H23N3OS2. The molecule has 4 aromatic rings. The number of thiocarbonyl (C=S) groups is 1. The molecule has 0 aliphatic carbocycles. The van der Waals surface area contributed by atoms with E-state index in [-0.39, 0.29) is 12.1 Å². The van der Waals surface area contributed by atoms with Crippen LogP contribution in [0.1, 0.15) is 34.7 Å².